The molecule has 3 N–H and O–H groups in total. The van der Waals surface area contributed by atoms with E-state index >= 15 is 0 Å². The highest BCUT2D eigenvalue weighted by atomic mass is 15.3. The van der Waals surface area contributed by atoms with E-state index in [2.05, 4.69) is 35.5 Å². The van der Waals surface area contributed by atoms with Crippen LogP contribution in [0, 0.1) is 0 Å². The van der Waals surface area contributed by atoms with Gasteiger partial charge in [0.05, 0.1) is 6.54 Å². The predicted octanol–water partition coefficient (Wildman–Crippen LogP) is 1.69. The second-order valence-electron chi connectivity index (χ2n) is 4.19. The van der Waals surface area contributed by atoms with Crippen molar-refractivity contribution in [3.8, 4) is 0 Å². The number of nitrogens with one attached hydrogen (secondary N) is 1. The molecule has 0 bridgehead atoms. The second kappa shape index (κ2) is 5.50. The van der Waals surface area contributed by atoms with Crippen LogP contribution < -0.4 is 11.1 Å². The van der Waals surface area contributed by atoms with E-state index in [0.29, 0.717) is 6.54 Å². The van der Waals surface area contributed by atoms with Gasteiger partial charge in [0.2, 0.25) is 0 Å². The molecule has 90 valence electrons. The lowest BCUT2D eigenvalue weighted by Crippen LogP contribution is -2.25. The molecule has 1 heterocycles. The SMILES string of the molecule is CC(CN)Nc1cccc(Cn2cccn2)c1. The Morgan fingerprint density at radius 2 is 2.29 bits per heavy atom. The first-order valence-electron chi connectivity index (χ1n) is 5.81. The molecule has 4 heteroatoms. The summed E-state index contributed by atoms with van der Waals surface area (Å²) in [5.74, 6) is 0. The Morgan fingerprint density at radius 3 is 3.00 bits per heavy atom. The Hall–Kier alpha value is -1.81. The Kier molecular flexibility index (Phi) is 3.77. The standard InChI is InChI=1S/C13H18N4/c1-11(9-14)16-13-5-2-4-12(8-13)10-17-7-3-6-15-17/h2-8,11,16H,9-10,14H2,1H3. The van der Waals surface area contributed by atoms with Crippen LogP contribution in [0.2, 0.25) is 0 Å². The molecule has 4 nitrogen and oxygen atoms in total. The summed E-state index contributed by atoms with van der Waals surface area (Å²) in [6, 6.07) is 10.5. The average molecular weight is 230 g/mol. The third kappa shape index (κ3) is 3.32. The van der Waals surface area contributed by atoms with Gasteiger partial charge in [-0.2, -0.15) is 5.10 Å². The number of anilines is 1. The highest BCUT2D eigenvalue weighted by molar-refractivity contribution is 5.46. The molecule has 0 spiro atoms. The molecule has 0 saturated heterocycles. The highest BCUT2D eigenvalue weighted by Gasteiger charge is 2.00. The highest BCUT2D eigenvalue weighted by Crippen LogP contribution is 2.12. The van der Waals surface area contributed by atoms with Crippen molar-refractivity contribution in [3.05, 3.63) is 48.3 Å². The van der Waals surface area contributed by atoms with Gasteiger partial charge in [-0.15, -0.1) is 0 Å². The molecule has 1 unspecified atom stereocenters. The summed E-state index contributed by atoms with van der Waals surface area (Å²) in [7, 11) is 0. The van der Waals surface area contributed by atoms with E-state index in [1.165, 1.54) is 5.56 Å². The first kappa shape index (κ1) is 11.7. The zero-order chi connectivity index (χ0) is 12.1. The van der Waals surface area contributed by atoms with Crippen molar-refractivity contribution in [2.45, 2.75) is 19.5 Å². The van der Waals surface area contributed by atoms with Gasteiger partial charge in [0.15, 0.2) is 0 Å². The summed E-state index contributed by atoms with van der Waals surface area (Å²) in [5, 5.41) is 7.55. The van der Waals surface area contributed by atoms with Gasteiger partial charge in [-0.25, -0.2) is 0 Å². The molecule has 0 aliphatic heterocycles. The molecule has 17 heavy (non-hydrogen) atoms. The van der Waals surface area contributed by atoms with Gasteiger partial charge in [0.1, 0.15) is 0 Å². The maximum absolute atomic E-state index is 5.59. The lowest BCUT2D eigenvalue weighted by molar-refractivity contribution is 0.687. The van der Waals surface area contributed by atoms with E-state index in [-0.39, 0.29) is 6.04 Å². The van der Waals surface area contributed by atoms with Gasteiger partial charge >= 0.3 is 0 Å². The molecular formula is C13H18N4. The van der Waals surface area contributed by atoms with E-state index in [0.717, 1.165) is 12.2 Å². The number of nitrogens with zero attached hydrogens (tertiary/aromatic N) is 2. The lowest BCUT2D eigenvalue weighted by Gasteiger charge is -2.13. The average Bonchev–Trinajstić information content (AvgIpc) is 2.82. The minimum atomic E-state index is 0.287. The van der Waals surface area contributed by atoms with E-state index in [1.807, 2.05) is 23.0 Å². The zero-order valence-electron chi connectivity index (χ0n) is 10.0. The third-order valence-electron chi connectivity index (χ3n) is 2.60. The van der Waals surface area contributed by atoms with Gasteiger partial charge < -0.3 is 11.1 Å². The molecule has 1 aromatic heterocycles. The molecular weight excluding hydrogens is 212 g/mol. The number of hydrogen-bond acceptors (Lipinski definition) is 3. The van der Waals surface area contributed by atoms with Crippen molar-refractivity contribution in [2.75, 3.05) is 11.9 Å². The number of aromatic nitrogens is 2. The molecule has 0 fully saturated rings. The van der Waals surface area contributed by atoms with Crippen LogP contribution in [0.3, 0.4) is 0 Å². The van der Waals surface area contributed by atoms with Crippen molar-refractivity contribution >= 4 is 5.69 Å². The molecule has 0 saturated carbocycles. The fraction of sp³-hybridized carbons (Fsp3) is 0.308. The van der Waals surface area contributed by atoms with E-state index in [1.54, 1.807) is 6.20 Å². The van der Waals surface area contributed by atoms with Crippen LogP contribution >= 0.6 is 0 Å². The fourth-order valence-corrected chi connectivity index (χ4v) is 1.68. The first-order valence-corrected chi connectivity index (χ1v) is 5.81. The Bertz CT molecular complexity index is 450. The smallest absolute Gasteiger partial charge is 0.0660 e. The maximum atomic E-state index is 5.59. The van der Waals surface area contributed by atoms with E-state index < -0.39 is 0 Å². The third-order valence-corrected chi connectivity index (χ3v) is 2.60. The number of nitrogens with two attached hydrogens (primary N) is 1. The lowest BCUT2D eigenvalue weighted by atomic mass is 10.2. The molecule has 0 amide bonds. The molecule has 0 aliphatic rings. The van der Waals surface area contributed by atoms with Crippen LogP contribution in [0.1, 0.15) is 12.5 Å². The molecule has 1 atom stereocenters. The summed E-state index contributed by atoms with van der Waals surface area (Å²) >= 11 is 0. The molecule has 2 rings (SSSR count). The van der Waals surface area contributed by atoms with Gasteiger partial charge in [-0.1, -0.05) is 12.1 Å². The quantitative estimate of drug-likeness (QED) is 0.822. The van der Waals surface area contributed by atoms with Crippen LogP contribution in [-0.2, 0) is 6.54 Å². The van der Waals surface area contributed by atoms with Crippen molar-refractivity contribution in [1.82, 2.24) is 9.78 Å². The topological polar surface area (TPSA) is 55.9 Å². The Morgan fingerprint density at radius 1 is 1.41 bits per heavy atom. The van der Waals surface area contributed by atoms with Gasteiger partial charge in [-0.05, 0) is 30.7 Å². The summed E-state index contributed by atoms with van der Waals surface area (Å²) < 4.78 is 1.91. The number of hydrogen-bond donors (Lipinski definition) is 2. The Balaban J connectivity index is 2.06. The monoisotopic (exact) mass is 230 g/mol. The van der Waals surface area contributed by atoms with E-state index in [4.69, 9.17) is 5.73 Å². The molecule has 0 radical (unpaired) electrons. The van der Waals surface area contributed by atoms with E-state index in [9.17, 15) is 0 Å². The van der Waals surface area contributed by atoms with Gasteiger partial charge in [0, 0.05) is 30.7 Å². The van der Waals surface area contributed by atoms with Crippen molar-refractivity contribution in [1.29, 1.82) is 0 Å². The van der Waals surface area contributed by atoms with Crippen LogP contribution in [0.15, 0.2) is 42.7 Å². The van der Waals surface area contributed by atoms with Crippen LogP contribution in [0.25, 0.3) is 0 Å². The maximum Gasteiger partial charge on any atom is 0.0660 e. The molecule has 1 aromatic carbocycles. The van der Waals surface area contributed by atoms with Crippen LogP contribution in [-0.4, -0.2) is 22.4 Å². The summed E-state index contributed by atoms with van der Waals surface area (Å²) in [4.78, 5) is 0. The number of rotatable bonds is 5. The predicted molar refractivity (Wildman–Crippen MR) is 69.9 cm³/mol. The minimum absolute atomic E-state index is 0.287. The molecule has 0 aliphatic carbocycles. The fourth-order valence-electron chi connectivity index (χ4n) is 1.68. The first-order chi connectivity index (χ1) is 8.28. The minimum Gasteiger partial charge on any atom is -0.381 e. The van der Waals surface area contributed by atoms with Crippen LogP contribution in [0.5, 0.6) is 0 Å². The normalized spacial score (nSPS) is 12.4. The van der Waals surface area contributed by atoms with Crippen LogP contribution in [0.4, 0.5) is 5.69 Å². The van der Waals surface area contributed by atoms with Crippen molar-refractivity contribution < 1.29 is 0 Å². The second-order valence-corrected chi connectivity index (χ2v) is 4.19. The zero-order valence-corrected chi connectivity index (χ0v) is 10.0. The van der Waals surface area contributed by atoms with Gasteiger partial charge in [-0.3, -0.25) is 4.68 Å². The molecule has 2 aromatic rings. The summed E-state index contributed by atoms with van der Waals surface area (Å²) in [6.07, 6.45) is 3.75. The van der Waals surface area contributed by atoms with Gasteiger partial charge in [0.25, 0.3) is 0 Å². The summed E-state index contributed by atoms with van der Waals surface area (Å²) in [5.41, 5.74) is 7.92. The van der Waals surface area contributed by atoms with Crippen molar-refractivity contribution in [3.63, 3.8) is 0 Å². The Labute approximate surface area is 101 Å². The largest absolute Gasteiger partial charge is 0.381 e. The number of benzene rings is 1. The summed E-state index contributed by atoms with van der Waals surface area (Å²) in [6.45, 7) is 3.49. The van der Waals surface area contributed by atoms with Crippen molar-refractivity contribution in [2.24, 2.45) is 5.73 Å².